The molecule has 27 heavy (non-hydrogen) atoms. The van der Waals surface area contributed by atoms with E-state index in [4.69, 9.17) is 19.9 Å². The molecule has 2 aromatic carbocycles. The van der Waals surface area contributed by atoms with Crippen molar-refractivity contribution in [3.8, 4) is 17.2 Å². The summed E-state index contributed by atoms with van der Waals surface area (Å²) in [5.41, 5.74) is 6.94. The van der Waals surface area contributed by atoms with Crippen LogP contribution in [0.4, 0.5) is 0 Å². The van der Waals surface area contributed by atoms with Crippen molar-refractivity contribution in [3.63, 3.8) is 0 Å². The maximum Gasteiger partial charge on any atom is 0.251 e. The first-order valence-corrected chi connectivity index (χ1v) is 8.60. The van der Waals surface area contributed by atoms with Gasteiger partial charge in [-0.25, -0.2) is 0 Å². The van der Waals surface area contributed by atoms with Gasteiger partial charge < -0.3 is 25.3 Å². The highest BCUT2D eigenvalue weighted by molar-refractivity contribution is 5.95. The Bertz CT molecular complexity index is 685. The lowest BCUT2D eigenvalue weighted by Gasteiger charge is -2.16. The van der Waals surface area contributed by atoms with Crippen molar-refractivity contribution >= 4 is 18.3 Å². The van der Waals surface area contributed by atoms with Crippen LogP contribution >= 0.6 is 12.4 Å². The van der Waals surface area contributed by atoms with Gasteiger partial charge in [0.25, 0.3) is 5.91 Å². The smallest absolute Gasteiger partial charge is 0.251 e. The molecule has 0 atom stereocenters. The van der Waals surface area contributed by atoms with E-state index in [1.54, 1.807) is 12.1 Å². The van der Waals surface area contributed by atoms with Crippen LogP contribution in [0.2, 0.25) is 0 Å². The molecule has 0 saturated heterocycles. The predicted molar refractivity (Wildman–Crippen MR) is 108 cm³/mol. The fraction of sp³-hybridized carbons (Fsp3) is 0.350. The van der Waals surface area contributed by atoms with E-state index in [9.17, 15) is 4.79 Å². The third kappa shape index (κ3) is 6.66. The van der Waals surface area contributed by atoms with Crippen LogP contribution in [0.5, 0.6) is 17.2 Å². The summed E-state index contributed by atoms with van der Waals surface area (Å²) in [6.07, 6.45) is 1.72. The third-order valence-electron chi connectivity index (χ3n) is 3.87. The average molecular weight is 395 g/mol. The van der Waals surface area contributed by atoms with Gasteiger partial charge >= 0.3 is 0 Å². The lowest BCUT2D eigenvalue weighted by molar-refractivity contribution is 0.0952. The maximum atomic E-state index is 12.3. The van der Waals surface area contributed by atoms with Crippen molar-refractivity contribution in [2.45, 2.75) is 19.4 Å². The van der Waals surface area contributed by atoms with Gasteiger partial charge in [-0.3, -0.25) is 4.79 Å². The number of methoxy groups -OCH3 is 2. The first-order chi connectivity index (χ1) is 12.7. The van der Waals surface area contributed by atoms with Crippen molar-refractivity contribution in [1.82, 2.24) is 5.32 Å². The summed E-state index contributed by atoms with van der Waals surface area (Å²) in [5, 5.41) is 2.87. The molecular formula is C20H27ClN2O4. The van der Waals surface area contributed by atoms with Crippen LogP contribution in [0.25, 0.3) is 0 Å². The van der Waals surface area contributed by atoms with Gasteiger partial charge in [0.2, 0.25) is 5.75 Å². The van der Waals surface area contributed by atoms with E-state index in [1.165, 1.54) is 14.2 Å². The van der Waals surface area contributed by atoms with Crippen molar-refractivity contribution in [2.75, 3.05) is 27.3 Å². The SMILES string of the molecule is COc1cc(C(=O)NCCCCN)cc(OC)c1OCc1ccccc1.Cl. The standard InChI is InChI=1S/C20H26N2O4.ClH/c1-24-17-12-16(20(23)22-11-7-6-10-21)13-18(25-2)19(17)26-14-15-8-4-3-5-9-15;/h3-5,8-9,12-13H,6-7,10-11,14,21H2,1-2H3,(H,22,23);1H. The lowest BCUT2D eigenvalue weighted by Crippen LogP contribution is -2.25. The number of rotatable bonds is 10. The molecule has 0 radical (unpaired) electrons. The molecule has 148 valence electrons. The summed E-state index contributed by atoms with van der Waals surface area (Å²) < 4.78 is 16.7. The summed E-state index contributed by atoms with van der Waals surface area (Å²) in [4.78, 5) is 12.3. The Morgan fingerprint density at radius 2 is 1.67 bits per heavy atom. The zero-order chi connectivity index (χ0) is 18.8. The molecule has 7 heteroatoms. The van der Waals surface area contributed by atoms with Gasteiger partial charge in [0.1, 0.15) is 6.61 Å². The van der Waals surface area contributed by atoms with E-state index < -0.39 is 0 Å². The molecule has 0 unspecified atom stereocenters. The second kappa shape index (κ2) is 12.0. The minimum Gasteiger partial charge on any atom is -0.493 e. The highest BCUT2D eigenvalue weighted by Crippen LogP contribution is 2.39. The second-order valence-electron chi connectivity index (χ2n) is 5.74. The van der Waals surface area contributed by atoms with Crippen molar-refractivity contribution < 1.29 is 19.0 Å². The number of nitrogens with one attached hydrogen (secondary N) is 1. The Labute approximate surface area is 166 Å². The number of carbonyl (C=O) groups is 1. The zero-order valence-electron chi connectivity index (χ0n) is 15.7. The minimum atomic E-state index is -0.187. The Hall–Kier alpha value is -2.44. The molecule has 0 aliphatic heterocycles. The molecule has 3 N–H and O–H groups in total. The van der Waals surface area contributed by atoms with Crippen LogP contribution in [0, 0.1) is 0 Å². The Morgan fingerprint density at radius 3 is 2.22 bits per heavy atom. The first kappa shape index (κ1) is 22.6. The molecule has 2 rings (SSSR count). The number of amides is 1. The van der Waals surface area contributed by atoms with Crippen LogP contribution in [0.15, 0.2) is 42.5 Å². The number of halogens is 1. The summed E-state index contributed by atoms with van der Waals surface area (Å²) in [5.74, 6) is 1.19. The van der Waals surface area contributed by atoms with Crippen LogP contribution in [0.1, 0.15) is 28.8 Å². The van der Waals surface area contributed by atoms with E-state index in [0.717, 1.165) is 18.4 Å². The second-order valence-corrected chi connectivity index (χ2v) is 5.74. The molecule has 6 nitrogen and oxygen atoms in total. The zero-order valence-corrected chi connectivity index (χ0v) is 16.5. The number of hydrogen-bond donors (Lipinski definition) is 2. The average Bonchev–Trinajstić information content (AvgIpc) is 2.69. The minimum absolute atomic E-state index is 0. The number of unbranched alkanes of at least 4 members (excludes halogenated alkanes) is 1. The van der Waals surface area contributed by atoms with E-state index in [1.807, 2.05) is 30.3 Å². The van der Waals surface area contributed by atoms with Gasteiger partial charge in [0.15, 0.2) is 11.5 Å². The summed E-state index contributed by atoms with van der Waals surface area (Å²) in [7, 11) is 3.07. The highest BCUT2D eigenvalue weighted by atomic mass is 35.5. The molecule has 0 aliphatic rings. The molecule has 0 spiro atoms. The molecule has 0 saturated carbocycles. The van der Waals surface area contributed by atoms with Gasteiger partial charge in [-0.1, -0.05) is 30.3 Å². The largest absolute Gasteiger partial charge is 0.493 e. The number of carbonyl (C=O) groups excluding carboxylic acids is 1. The number of nitrogens with two attached hydrogens (primary N) is 1. The number of hydrogen-bond acceptors (Lipinski definition) is 5. The Morgan fingerprint density at radius 1 is 1.04 bits per heavy atom. The summed E-state index contributed by atoms with van der Waals surface area (Å²) in [6, 6.07) is 13.1. The predicted octanol–water partition coefficient (Wildman–Crippen LogP) is 3.17. The third-order valence-corrected chi connectivity index (χ3v) is 3.87. The van der Waals surface area contributed by atoms with Crippen molar-refractivity contribution in [2.24, 2.45) is 5.73 Å². The fourth-order valence-corrected chi connectivity index (χ4v) is 2.46. The molecular weight excluding hydrogens is 368 g/mol. The fourth-order valence-electron chi connectivity index (χ4n) is 2.46. The molecule has 2 aromatic rings. The van der Waals surface area contributed by atoms with Gasteiger partial charge in [-0.15, -0.1) is 12.4 Å². The van der Waals surface area contributed by atoms with Crippen LogP contribution < -0.4 is 25.3 Å². The molecule has 1 amide bonds. The van der Waals surface area contributed by atoms with E-state index in [0.29, 0.717) is 42.5 Å². The van der Waals surface area contributed by atoms with E-state index in [-0.39, 0.29) is 18.3 Å². The van der Waals surface area contributed by atoms with Gasteiger partial charge in [-0.2, -0.15) is 0 Å². The number of benzene rings is 2. The number of ether oxygens (including phenoxy) is 3. The van der Waals surface area contributed by atoms with E-state index in [2.05, 4.69) is 5.32 Å². The maximum absolute atomic E-state index is 12.3. The molecule has 0 aliphatic carbocycles. The topological polar surface area (TPSA) is 82.8 Å². The lowest BCUT2D eigenvalue weighted by atomic mass is 10.1. The van der Waals surface area contributed by atoms with Crippen LogP contribution in [-0.4, -0.2) is 33.2 Å². The Kier molecular flexibility index (Phi) is 10.1. The normalized spacial score (nSPS) is 9.89. The summed E-state index contributed by atoms with van der Waals surface area (Å²) in [6.45, 7) is 1.57. The molecule has 0 heterocycles. The van der Waals surface area contributed by atoms with Gasteiger partial charge in [0, 0.05) is 12.1 Å². The van der Waals surface area contributed by atoms with Crippen molar-refractivity contribution in [1.29, 1.82) is 0 Å². The first-order valence-electron chi connectivity index (χ1n) is 8.60. The van der Waals surface area contributed by atoms with Crippen LogP contribution in [0.3, 0.4) is 0 Å². The van der Waals surface area contributed by atoms with Gasteiger partial charge in [0.05, 0.1) is 14.2 Å². The van der Waals surface area contributed by atoms with E-state index >= 15 is 0 Å². The summed E-state index contributed by atoms with van der Waals surface area (Å²) >= 11 is 0. The highest BCUT2D eigenvalue weighted by Gasteiger charge is 2.17. The van der Waals surface area contributed by atoms with Crippen LogP contribution in [-0.2, 0) is 6.61 Å². The Balaban J connectivity index is 0.00000364. The molecule has 0 aromatic heterocycles. The monoisotopic (exact) mass is 394 g/mol. The quantitative estimate of drug-likeness (QED) is 0.605. The molecule has 0 bridgehead atoms. The van der Waals surface area contributed by atoms with Gasteiger partial charge in [-0.05, 0) is 37.1 Å². The molecule has 0 fully saturated rings. The van der Waals surface area contributed by atoms with Crippen molar-refractivity contribution in [3.05, 3.63) is 53.6 Å².